The van der Waals surface area contributed by atoms with Crippen LogP contribution in [0.5, 0.6) is 23.0 Å². The number of phenols is 2. The summed E-state index contributed by atoms with van der Waals surface area (Å²) in [5, 5.41) is 34.1. The predicted molar refractivity (Wildman–Crippen MR) is 168 cm³/mol. The van der Waals surface area contributed by atoms with Crippen LogP contribution >= 0.6 is 0 Å². The SMILES string of the molecule is CC[C@@H](O)NCC1=C[C@H]2CCCC[C@@H]2[C@@H](CC(=O)C[C@@H](CCc2ccc(O)c(OC)c2)OC(C)=O)c2cc(OC)c(O)cc21. The van der Waals surface area contributed by atoms with Crippen LogP contribution in [-0.2, 0) is 20.7 Å². The highest BCUT2D eigenvalue weighted by Gasteiger charge is 2.38. The van der Waals surface area contributed by atoms with Crippen LogP contribution in [0.2, 0.25) is 0 Å². The summed E-state index contributed by atoms with van der Waals surface area (Å²) in [6.07, 6.45) is 7.17. The molecular formula is C35H47NO8. The molecule has 2 aliphatic carbocycles. The van der Waals surface area contributed by atoms with Crippen molar-refractivity contribution in [1.29, 1.82) is 0 Å². The second-order valence-corrected chi connectivity index (χ2v) is 12.1. The summed E-state index contributed by atoms with van der Waals surface area (Å²) in [7, 11) is 3.01. The Labute approximate surface area is 260 Å². The Morgan fingerprint density at radius 1 is 1.02 bits per heavy atom. The van der Waals surface area contributed by atoms with Gasteiger partial charge in [-0.3, -0.25) is 14.9 Å². The smallest absolute Gasteiger partial charge is 0.302 e. The van der Waals surface area contributed by atoms with Crippen molar-refractivity contribution in [2.75, 3.05) is 20.8 Å². The molecule has 0 aliphatic heterocycles. The predicted octanol–water partition coefficient (Wildman–Crippen LogP) is 5.63. The van der Waals surface area contributed by atoms with Gasteiger partial charge in [-0.2, -0.15) is 0 Å². The minimum absolute atomic E-state index is 0.00910. The van der Waals surface area contributed by atoms with Crippen LogP contribution in [0.1, 0.15) is 87.8 Å². The number of benzene rings is 2. The van der Waals surface area contributed by atoms with E-state index in [2.05, 4.69) is 11.4 Å². The Morgan fingerprint density at radius 2 is 1.75 bits per heavy atom. The average Bonchev–Trinajstić information content (AvgIpc) is 3.12. The Balaban J connectivity index is 1.60. The Hall–Kier alpha value is -3.56. The molecule has 0 aromatic heterocycles. The number of ether oxygens (including phenoxy) is 3. The lowest BCUT2D eigenvalue weighted by Crippen LogP contribution is -2.29. The fourth-order valence-corrected chi connectivity index (χ4v) is 6.82. The third kappa shape index (κ3) is 8.33. The van der Waals surface area contributed by atoms with E-state index in [9.17, 15) is 24.9 Å². The van der Waals surface area contributed by atoms with Gasteiger partial charge in [-0.25, -0.2) is 0 Å². The first-order chi connectivity index (χ1) is 21.1. The molecule has 240 valence electrons. The molecule has 2 aliphatic rings. The first kappa shape index (κ1) is 33.3. The van der Waals surface area contributed by atoms with Crippen molar-refractivity contribution in [3.8, 4) is 23.0 Å². The van der Waals surface area contributed by atoms with Crippen molar-refractivity contribution in [2.24, 2.45) is 11.8 Å². The van der Waals surface area contributed by atoms with Gasteiger partial charge in [0.1, 0.15) is 18.1 Å². The van der Waals surface area contributed by atoms with Crippen LogP contribution in [0.3, 0.4) is 0 Å². The zero-order chi connectivity index (χ0) is 31.8. The standard InChI is InChI=1S/C35H47NO8/c1-5-35(41)36-20-24-15-23-8-6-7-9-27(23)29(30-19-34(43-4)32(40)18-28(24)30)17-25(38)16-26(44-21(2)37)12-10-22-11-13-31(39)33(14-22)42-3/h11,13-15,18-19,23,26-27,29,35-36,39-41H,5-10,12,16-17,20H2,1-4H3/t23-,26-,27+,29-,35-/m1/s1. The molecule has 0 amide bonds. The zero-order valence-electron chi connectivity index (χ0n) is 26.3. The lowest BCUT2D eigenvalue weighted by atomic mass is 9.69. The van der Waals surface area contributed by atoms with Gasteiger partial charge in [0.25, 0.3) is 0 Å². The highest BCUT2D eigenvalue weighted by molar-refractivity contribution is 5.82. The van der Waals surface area contributed by atoms with Gasteiger partial charge in [0.05, 0.1) is 14.2 Å². The number of fused-ring (bicyclic) bond motifs is 2. The van der Waals surface area contributed by atoms with Crippen LogP contribution in [0, 0.1) is 11.8 Å². The van der Waals surface area contributed by atoms with Crippen molar-refractivity contribution in [2.45, 2.75) is 89.9 Å². The second-order valence-electron chi connectivity index (χ2n) is 12.1. The zero-order valence-corrected chi connectivity index (χ0v) is 26.3. The molecule has 0 heterocycles. The summed E-state index contributed by atoms with van der Waals surface area (Å²) in [6, 6.07) is 8.69. The maximum Gasteiger partial charge on any atom is 0.302 e. The maximum absolute atomic E-state index is 13.8. The van der Waals surface area contributed by atoms with E-state index in [0.717, 1.165) is 47.9 Å². The number of aliphatic hydroxyl groups excluding tert-OH is 1. The number of rotatable bonds is 14. The summed E-state index contributed by atoms with van der Waals surface area (Å²) in [4.78, 5) is 25.8. The molecule has 1 fully saturated rings. The largest absolute Gasteiger partial charge is 0.504 e. The molecule has 5 atom stereocenters. The number of methoxy groups -OCH3 is 2. The molecule has 0 radical (unpaired) electrons. The molecule has 4 N–H and O–H groups in total. The summed E-state index contributed by atoms with van der Waals surface area (Å²) in [5.74, 6) is 0.753. The minimum atomic E-state index is -0.644. The fourth-order valence-electron chi connectivity index (χ4n) is 6.82. The molecular weight excluding hydrogens is 562 g/mol. The fraction of sp³-hybridized carbons (Fsp3) is 0.543. The van der Waals surface area contributed by atoms with E-state index in [4.69, 9.17) is 14.2 Å². The number of hydrogen-bond acceptors (Lipinski definition) is 9. The molecule has 9 heteroatoms. The molecule has 9 nitrogen and oxygen atoms in total. The van der Waals surface area contributed by atoms with E-state index >= 15 is 0 Å². The molecule has 2 aromatic carbocycles. The van der Waals surface area contributed by atoms with E-state index in [1.54, 1.807) is 24.3 Å². The topological polar surface area (TPSA) is 135 Å². The van der Waals surface area contributed by atoms with E-state index in [1.165, 1.54) is 21.1 Å². The van der Waals surface area contributed by atoms with E-state index in [1.807, 2.05) is 13.0 Å². The molecule has 44 heavy (non-hydrogen) atoms. The summed E-state index contributed by atoms with van der Waals surface area (Å²) < 4.78 is 16.3. The highest BCUT2D eigenvalue weighted by Crippen LogP contribution is 2.50. The number of phenolic OH excluding ortho intramolecular Hbond substituents is 2. The number of carbonyl (C=O) groups is 2. The van der Waals surface area contributed by atoms with E-state index in [0.29, 0.717) is 37.3 Å². The lowest BCUT2D eigenvalue weighted by molar-refractivity contribution is -0.147. The number of carbonyl (C=O) groups excluding carboxylic acids is 2. The number of allylic oxidation sites excluding steroid dienone is 1. The Bertz CT molecular complexity index is 1340. The molecule has 0 bridgehead atoms. The van der Waals surface area contributed by atoms with Gasteiger partial charge in [-0.05, 0) is 96.4 Å². The molecule has 2 aromatic rings. The molecule has 0 unspecified atom stereocenters. The quantitative estimate of drug-likeness (QED) is 0.159. The van der Waals surface area contributed by atoms with Crippen LogP contribution in [0.15, 0.2) is 36.4 Å². The number of aromatic hydroxyl groups is 2. The summed E-state index contributed by atoms with van der Waals surface area (Å²) in [6.45, 7) is 3.70. The number of aliphatic hydroxyl groups is 1. The van der Waals surface area contributed by atoms with Crippen molar-refractivity contribution in [3.05, 3.63) is 53.1 Å². The number of aryl methyl sites for hydroxylation is 1. The van der Waals surface area contributed by atoms with Gasteiger partial charge in [-0.1, -0.05) is 31.9 Å². The van der Waals surface area contributed by atoms with E-state index in [-0.39, 0.29) is 47.9 Å². The average molecular weight is 610 g/mol. The number of ketones is 1. The highest BCUT2D eigenvalue weighted by atomic mass is 16.5. The number of esters is 1. The van der Waals surface area contributed by atoms with Crippen molar-refractivity contribution < 1.29 is 39.1 Å². The number of nitrogens with one attached hydrogen (secondary N) is 1. The van der Waals surface area contributed by atoms with Gasteiger partial charge >= 0.3 is 5.97 Å². The van der Waals surface area contributed by atoms with Crippen LogP contribution in [-0.4, -0.2) is 60.2 Å². The van der Waals surface area contributed by atoms with Gasteiger partial charge in [-0.15, -0.1) is 0 Å². The van der Waals surface area contributed by atoms with Crippen molar-refractivity contribution in [1.82, 2.24) is 5.32 Å². The van der Waals surface area contributed by atoms with Crippen LogP contribution in [0.25, 0.3) is 5.57 Å². The molecule has 4 rings (SSSR count). The lowest BCUT2D eigenvalue weighted by Gasteiger charge is -2.35. The summed E-state index contributed by atoms with van der Waals surface area (Å²) >= 11 is 0. The van der Waals surface area contributed by atoms with Crippen molar-refractivity contribution in [3.63, 3.8) is 0 Å². The first-order valence-electron chi connectivity index (χ1n) is 15.7. The monoisotopic (exact) mass is 609 g/mol. The third-order valence-corrected chi connectivity index (χ3v) is 9.05. The third-order valence-electron chi connectivity index (χ3n) is 9.05. The van der Waals surface area contributed by atoms with Crippen LogP contribution < -0.4 is 14.8 Å². The summed E-state index contributed by atoms with van der Waals surface area (Å²) in [5.41, 5.74) is 3.73. The number of hydrogen-bond donors (Lipinski definition) is 4. The first-order valence-corrected chi connectivity index (χ1v) is 15.7. The Kier molecular flexibility index (Phi) is 11.7. The normalized spacial score (nSPS) is 20.8. The second kappa shape index (κ2) is 15.4. The van der Waals surface area contributed by atoms with Gasteiger partial charge < -0.3 is 29.5 Å². The van der Waals surface area contributed by atoms with Crippen LogP contribution in [0.4, 0.5) is 0 Å². The van der Waals surface area contributed by atoms with Gasteiger partial charge in [0, 0.05) is 26.3 Å². The van der Waals surface area contributed by atoms with E-state index < -0.39 is 18.3 Å². The molecule has 1 saturated carbocycles. The molecule has 0 saturated heterocycles. The van der Waals surface area contributed by atoms with Crippen molar-refractivity contribution >= 4 is 17.3 Å². The van der Waals surface area contributed by atoms with Gasteiger partial charge in [0.2, 0.25) is 0 Å². The number of Topliss-reactive ketones (excluding diaryl/α,β-unsaturated/α-hetero) is 1. The van der Waals surface area contributed by atoms with Gasteiger partial charge in [0.15, 0.2) is 23.0 Å². The Morgan fingerprint density at radius 3 is 2.45 bits per heavy atom. The molecule has 0 spiro atoms. The minimum Gasteiger partial charge on any atom is -0.504 e. The maximum atomic E-state index is 13.8.